The summed E-state index contributed by atoms with van der Waals surface area (Å²) in [7, 11) is 0.636. The standard InChI is InChI=1S/C7H2BrClF2N2O2S/c8-4-2-13-7(16(9,14)15)3(1-12)5(4)6(10)11/h2,6H. The number of alkyl halides is 2. The van der Waals surface area contributed by atoms with Crippen LogP contribution < -0.4 is 0 Å². The molecular formula is C7H2BrClF2N2O2S. The van der Waals surface area contributed by atoms with Crippen molar-refractivity contribution in [3.8, 4) is 6.07 Å². The molecule has 1 rings (SSSR count). The maximum atomic E-state index is 12.6. The predicted octanol–water partition coefficient (Wildman–Crippen LogP) is 2.58. The molecule has 1 aromatic heterocycles. The Morgan fingerprint density at radius 3 is 2.50 bits per heavy atom. The van der Waals surface area contributed by atoms with Crippen LogP contribution >= 0.6 is 26.6 Å². The molecule has 0 aromatic carbocycles. The monoisotopic (exact) mass is 330 g/mol. The molecule has 0 spiro atoms. The summed E-state index contributed by atoms with van der Waals surface area (Å²) in [5.74, 6) is 0. The lowest BCUT2D eigenvalue weighted by molar-refractivity contribution is 0.149. The first-order chi connectivity index (χ1) is 7.29. The molecule has 0 N–H and O–H groups in total. The maximum Gasteiger partial charge on any atom is 0.280 e. The highest BCUT2D eigenvalue weighted by molar-refractivity contribution is 9.10. The first-order valence-corrected chi connectivity index (χ1v) is 6.70. The number of hydrogen-bond acceptors (Lipinski definition) is 4. The number of rotatable bonds is 2. The lowest BCUT2D eigenvalue weighted by Crippen LogP contribution is -2.04. The lowest BCUT2D eigenvalue weighted by atomic mass is 10.1. The van der Waals surface area contributed by atoms with Crippen molar-refractivity contribution >= 4 is 35.7 Å². The molecule has 0 amide bonds. The molecule has 0 fully saturated rings. The van der Waals surface area contributed by atoms with Crippen LogP contribution in [-0.4, -0.2) is 13.4 Å². The third kappa shape index (κ3) is 2.48. The van der Waals surface area contributed by atoms with Crippen LogP contribution in [0.2, 0.25) is 0 Å². The van der Waals surface area contributed by atoms with E-state index in [1.54, 1.807) is 0 Å². The molecule has 0 radical (unpaired) electrons. The van der Waals surface area contributed by atoms with Crippen molar-refractivity contribution in [2.24, 2.45) is 0 Å². The van der Waals surface area contributed by atoms with Gasteiger partial charge < -0.3 is 0 Å². The third-order valence-electron chi connectivity index (χ3n) is 1.60. The summed E-state index contributed by atoms with van der Waals surface area (Å²) >= 11 is 2.76. The van der Waals surface area contributed by atoms with Gasteiger partial charge in [0.25, 0.3) is 15.5 Å². The molecule has 0 bridgehead atoms. The molecule has 9 heteroatoms. The van der Waals surface area contributed by atoms with E-state index in [-0.39, 0.29) is 4.47 Å². The molecule has 16 heavy (non-hydrogen) atoms. The van der Waals surface area contributed by atoms with Crippen molar-refractivity contribution in [2.45, 2.75) is 11.5 Å². The molecule has 0 aliphatic heterocycles. The zero-order valence-corrected chi connectivity index (χ0v) is 10.4. The zero-order chi connectivity index (χ0) is 12.5. The second-order valence-electron chi connectivity index (χ2n) is 2.55. The zero-order valence-electron chi connectivity index (χ0n) is 7.29. The van der Waals surface area contributed by atoms with Crippen molar-refractivity contribution in [1.29, 1.82) is 5.26 Å². The smallest absolute Gasteiger partial charge is 0.241 e. The van der Waals surface area contributed by atoms with Gasteiger partial charge in [0.2, 0.25) is 0 Å². The van der Waals surface area contributed by atoms with E-state index in [9.17, 15) is 17.2 Å². The molecule has 0 saturated heterocycles. The fourth-order valence-electron chi connectivity index (χ4n) is 0.990. The number of aromatic nitrogens is 1. The van der Waals surface area contributed by atoms with E-state index in [0.717, 1.165) is 6.20 Å². The van der Waals surface area contributed by atoms with E-state index >= 15 is 0 Å². The summed E-state index contributed by atoms with van der Waals surface area (Å²) in [6.07, 6.45) is -2.15. The fourth-order valence-corrected chi connectivity index (χ4v) is 2.39. The minimum absolute atomic E-state index is 0.150. The van der Waals surface area contributed by atoms with Gasteiger partial charge in [-0.25, -0.2) is 22.2 Å². The first-order valence-electron chi connectivity index (χ1n) is 3.60. The lowest BCUT2D eigenvalue weighted by Gasteiger charge is -2.07. The van der Waals surface area contributed by atoms with Gasteiger partial charge in [0, 0.05) is 21.4 Å². The summed E-state index contributed by atoms with van der Waals surface area (Å²) in [6, 6.07) is 1.36. The second kappa shape index (κ2) is 4.61. The van der Waals surface area contributed by atoms with Gasteiger partial charge in [-0.15, -0.1) is 0 Å². The van der Waals surface area contributed by atoms with E-state index in [1.807, 2.05) is 0 Å². The average molecular weight is 332 g/mol. The van der Waals surface area contributed by atoms with E-state index in [2.05, 4.69) is 20.9 Å². The van der Waals surface area contributed by atoms with Crippen LogP contribution in [0.15, 0.2) is 15.7 Å². The van der Waals surface area contributed by atoms with Gasteiger partial charge >= 0.3 is 0 Å². The molecule has 0 unspecified atom stereocenters. The number of nitriles is 1. The van der Waals surface area contributed by atoms with Crippen LogP contribution in [0.1, 0.15) is 17.6 Å². The Kier molecular flexibility index (Phi) is 3.83. The number of halogens is 4. The van der Waals surface area contributed by atoms with Gasteiger partial charge in [-0.2, -0.15) is 5.26 Å². The molecule has 0 saturated carbocycles. The Bertz CT molecular complexity index is 570. The molecular weight excluding hydrogens is 330 g/mol. The normalized spacial score (nSPS) is 11.5. The Labute approximate surface area is 102 Å². The highest BCUT2D eigenvalue weighted by Crippen LogP contribution is 2.33. The summed E-state index contributed by atoms with van der Waals surface area (Å²) in [6.45, 7) is 0. The molecule has 1 heterocycles. The first kappa shape index (κ1) is 13.3. The van der Waals surface area contributed by atoms with E-state index in [4.69, 9.17) is 15.9 Å². The van der Waals surface area contributed by atoms with Crippen molar-refractivity contribution in [3.63, 3.8) is 0 Å². The topological polar surface area (TPSA) is 70.8 Å². The van der Waals surface area contributed by atoms with E-state index in [1.165, 1.54) is 6.07 Å². The van der Waals surface area contributed by atoms with Crippen LogP contribution in [0, 0.1) is 11.3 Å². The van der Waals surface area contributed by atoms with Crippen molar-refractivity contribution in [2.75, 3.05) is 0 Å². The number of nitrogens with zero attached hydrogens (tertiary/aromatic N) is 2. The van der Waals surface area contributed by atoms with Crippen LogP contribution in [0.4, 0.5) is 8.78 Å². The fraction of sp³-hybridized carbons (Fsp3) is 0.143. The summed E-state index contributed by atoms with van der Waals surface area (Å²) in [5, 5.41) is 7.80. The van der Waals surface area contributed by atoms with Crippen molar-refractivity contribution in [1.82, 2.24) is 4.98 Å². The molecule has 0 aliphatic carbocycles. The Hall–Kier alpha value is -0.780. The summed E-state index contributed by atoms with van der Waals surface area (Å²) in [4.78, 5) is 3.34. The van der Waals surface area contributed by atoms with Gasteiger partial charge in [0.15, 0.2) is 5.03 Å². The van der Waals surface area contributed by atoms with Gasteiger partial charge in [0.1, 0.15) is 11.6 Å². The van der Waals surface area contributed by atoms with Crippen LogP contribution in [0.25, 0.3) is 0 Å². The maximum absolute atomic E-state index is 12.6. The number of pyridine rings is 1. The van der Waals surface area contributed by atoms with Gasteiger partial charge in [0.05, 0.1) is 5.56 Å². The SMILES string of the molecule is N#Cc1c(S(=O)(=O)Cl)ncc(Br)c1C(F)F. The highest BCUT2D eigenvalue weighted by atomic mass is 79.9. The van der Waals surface area contributed by atoms with Gasteiger partial charge in [-0.1, -0.05) is 0 Å². The summed E-state index contributed by atoms with van der Waals surface area (Å²) < 4.78 is 47.0. The largest absolute Gasteiger partial charge is 0.280 e. The molecule has 0 aliphatic rings. The van der Waals surface area contributed by atoms with E-state index < -0.39 is 31.6 Å². The molecule has 1 aromatic rings. The van der Waals surface area contributed by atoms with Gasteiger partial charge in [-0.3, -0.25) is 0 Å². The quantitative estimate of drug-likeness (QED) is 0.781. The third-order valence-corrected chi connectivity index (χ3v) is 3.44. The van der Waals surface area contributed by atoms with E-state index in [0.29, 0.717) is 0 Å². The van der Waals surface area contributed by atoms with Crippen LogP contribution in [0.3, 0.4) is 0 Å². The Morgan fingerprint density at radius 2 is 2.12 bits per heavy atom. The molecule has 86 valence electrons. The minimum Gasteiger partial charge on any atom is -0.241 e. The van der Waals surface area contributed by atoms with Gasteiger partial charge in [-0.05, 0) is 15.9 Å². The predicted molar refractivity (Wildman–Crippen MR) is 54.6 cm³/mol. The average Bonchev–Trinajstić information content (AvgIpc) is 2.14. The minimum atomic E-state index is -4.33. The Morgan fingerprint density at radius 1 is 1.56 bits per heavy atom. The Balaban J connectivity index is 3.72. The van der Waals surface area contributed by atoms with Crippen LogP contribution in [0.5, 0.6) is 0 Å². The summed E-state index contributed by atoms with van der Waals surface area (Å²) in [5.41, 5.74) is -1.49. The highest BCUT2D eigenvalue weighted by Gasteiger charge is 2.26. The molecule has 0 atom stereocenters. The van der Waals surface area contributed by atoms with Crippen molar-refractivity contribution < 1.29 is 17.2 Å². The van der Waals surface area contributed by atoms with Crippen molar-refractivity contribution in [3.05, 3.63) is 21.8 Å². The van der Waals surface area contributed by atoms with Crippen LogP contribution in [-0.2, 0) is 9.05 Å². The molecule has 4 nitrogen and oxygen atoms in total. The number of hydrogen-bond donors (Lipinski definition) is 0. The second-order valence-corrected chi connectivity index (χ2v) is 5.89.